The highest BCUT2D eigenvalue weighted by Crippen LogP contribution is 2.48. The molecule has 1 unspecified atom stereocenters. The zero-order valence-electron chi connectivity index (χ0n) is 12.9. The van der Waals surface area contributed by atoms with Crippen LogP contribution in [0, 0.1) is 0 Å². The van der Waals surface area contributed by atoms with Gasteiger partial charge >= 0.3 is 11.9 Å². The van der Waals surface area contributed by atoms with Gasteiger partial charge in [0.2, 0.25) is 5.91 Å². The lowest BCUT2D eigenvalue weighted by molar-refractivity contribution is -0.188. The number of carboxylic acids is 1. The first kappa shape index (κ1) is 18.6. The number of carbonyl (C=O) groups is 4. The predicted molar refractivity (Wildman–Crippen MR) is 81.4 cm³/mol. The molecule has 0 aromatic carbocycles. The van der Waals surface area contributed by atoms with Crippen LogP contribution in [0.3, 0.4) is 0 Å². The van der Waals surface area contributed by atoms with Crippen molar-refractivity contribution in [2.45, 2.75) is 18.0 Å². The van der Waals surface area contributed by atoms with Crippen LogP contribution in [0.5, 0.6) is 0 Å². The number of azide groups is 1. The molecular weight excluding hydrogens is 358 g/mol. The molecule has 2 atom stereocenters. The molecule has 134 valence electrons. The first-order valence-corrected chi connectivity index (χ1v) is 7.82. The van der Waals surface area contributed by atoms with E-state index in [0.29, 0.717) is 0 Å². The van der Waals surface area contributed by atoms with Crippen LogP contribution in [0.2, 0.25) is 0 Å². The topological polar surface area (TPSA) is 185 Å². The molecule has 1 saturated heterocycles. The maximum Gasteiger partial charge on any atom is 0.352 e. The molecule has 12 nitrogen and oxygen atoms in total. The Labute approximate surface area is 144 Å². The molecule has 25 heavy (non-hydrogen) atoms. The summed E-state index contributed by atoms with van der Waals surface area (Å²) in [7, 11) is 0. The number of aliphatic carboxylic acids is 1. The normalized spacial score (nSPS) is 24.8. The summed E-state index contributed by atoms with van der Waals surface area (Å²) in [5, 5.41) is 11.8. The summed E-state index contributed by atoms with van der Waals surface area (Å²) in [5.41, 5.74) is 11.5. The SMILES string of the molecule is CC(=O)OCC1=C(C(=O)O)N2C(=O)C(N=[N+]=[N-])(OCC(N)=O)[C@H]2SC1. The van der Waals surface area contributed by atoms with Crippen LogP contribution in [0.4, 0.5) is 0 Å². The third-order valence-electron chi connectivity index (χ3n) is 3.37. The molecule has 2 aliphatic heterocycles. The van der Waals surface area contributed by atoms with Crippen molar-refractivity contribution < 1.29 is 33.8 Å². The Kier molecular flexibility index (Phi) is 5.21. The van der Waals surface area contributed by atoms with Gasteiger partial charge in [0.15, 0.2) is 0 Å². The fourth-order valence-corrected chi connectivity index (χ4v) is 3.74. The fraction of sp³-hybridized carbons (Fsp3) is 0.500. The maximum atomic E-state index is 12.5. The zero-order chi connectivity index (χ0) is 18.8. The van der Waals surface area contributed by atoms with E-state index >= 15 is 0 Å². The number of carbonyl (C=O) groups excluding carboxylic acids is 3. The second-order valence-corrected chi connectivity index (χ2v) is 6.09. The van der Waals surface area contributed by atoms with E-state index in [0.717, 1.165) is 16.7 Å². The summed E-state index contributed by atoms with van der Waals surface area (Å²) < 4.78 is 9.90. The summed E-state index contributed by atoms with van der Waals surface area (Å²) in [4.78, 5) is 49.3. The van der Waals surface area contributed by atoms with Gasteiger partial charge in [0, 0.05) is 23.2 Å². The third kappa shape index (κ3) is 3.24. The van der Waals surface area contributed by atoms with E-state index in [2.05, 4.69) is 10.0 Å². The molecule has 0 spiro atoms. The van der Waals surface area contributed by atoms with Gasteiger partial charge in [0.1, 0.15) is 24.3 Å². The van der Waals surface area contributed by atoms with Crippen LogP contribution in [-0.4, -0.2) is 63.8 Å². The third-order valence-corrected chi connectivity index (χ3v) is 4.73. The summed E-state index contributed by atoms with van der Waals surface area (Å²) >= 11 is 1.05. The van der Waals surface area contributed by atoms with Gasteiger partial charge in [-0.05, 0) is 10.6 Å². The van der Waals surface area contributed by atoms with Gasteiger partial charge in [0.25, 0.3) is 11.6 Å². The number of β-lactam (4-membered cyclic amide) rings is 1. The Morgan fingerprint density at radius 2 is 2.24 bits per heavy atom. The summed E-state index contributed by atoms with van der Waals surface area (Å²) in [6, 6.07) is 0. The first-order chi connectivity index (χ1) is 11.7. The number of rotatable bonds is 7. The molecule has 2 rings (SSSR count). The van der Waals surface area contributed by atoms with Gasteiger partial charge in [-0.1, -0.05) is 0 Å². The van der Waals surface area contributed by atoms with Gasteiger partial charge in [-0.2, -0.15) is 0 Å². The van der Waals surface area contributed by atoms with E-state index in [1.807, 2.05) is 0 Å². The molecule has 3 N–H and O–H groups in total. The van der Waals surface area contributed by atoms with Crippen molar-refractivity contribution in [2.24, 2.45) is 10.8 Å². The van der Waals surface area contributed by atoms with E-state index in [9.17, 15) is 24.3 Å². The van der Waals surface area contributed by atoms with Gasteiger partial charge in [-0.3, -0.25) is 19.3 Å². The molecular formula is C12H13N5O7S. The lowest BCUT2D eigenvalue weighted by Gasteiger charge is -2.54. The highest BCUT2D eigenvalue weighted by atomic mass is 32.2. The number of thioether (sulfide) groups is 1. The van der Waals surface area contributed by atoms with Crippen LogP contribution < -0.4 is 5.73 Å². The number of primary amides is 1. The monoisotopic (exact) mass is 371 g/mol. The quantitative estimate of drug-likeness (QED) is 0.193. The summed E-state index contributed by atoms with van der Waals surface area (Å²) in [5.74, 6) is -3.75. The molecule has 0 aromatic rings. The van der Waals surface area contributed by atoms with Crippen molar-refractivity contribution in [2.75, 3.05) is 19.0 Å². The van der Waals surface area contributed by atoms with E-state index in [4.69, 9.17) is 20.7 Å². The number of nitrogens with zero attached hydrogens (tertiary/aromatic N) is 4. The van der Waals surface area contributed by atoms with Gasteiger partial charge < -0.3 is 20.3 Å². The lowest BCUT2D eigenvalue weighted by atomic mass is 9.99. The van der Waals surface area contributed by atoms with E-state index < -0.39 is 41.5 Å². The van der Waals surface area contributed by atoms with E-state index in [1.54, 1.807) is 0 Å². The second-order valence-electron chi connectivity index (χ2n) is 5.02. The highest BCUT2D eigenvalue weighted by Gasteiger charge is 2.66. The van der Waals surface area contributed by atoms with Crippen LogP contribution in [0.15, 0.2) is 16.4 Å². The number of esters is 1. The molecule has 0 radical (unpaired) electrons. The highest BCUT2D eigenvalue weighted by molar-refractivity contribution is 8.00. The summed E-state index contributed by atoms with van der Waals surface area (Å²) in [6.45, 7) is 0.193. The minimum atomic E-state index is -2.05. The van der Waals surface area contributed by atoms with Crippen molar-refractivity contribution >= 4 is 35.5 Å². The van der Waals surface area contributed by atoms with Crippen molar-refractivity contribution in [3.63, 3.8) is 0 Å². The Bertz CT molecular complexity index is 731. The Morgan fingerprint density at radius 1 is 1.56 bits per heavy atom. The molecule has 0 aromatic heterocycles. The number of hydrogen-bond donors (Lipinski definition) is 2. The minimum absolute atomic E-state index is 0.0893. The van der Waals surface area contributed by atoms with E-state index in [1.165, 1.54) is 6.92 Å². The molecule has 2 heterocycles. The number of hydrogen-bond acceptors (Lipinski definition) is 8. The second kappa shape index (κ2) is 7.01. The predicted octanol–water partition coefficient (Wildman–Crippen LogP) is -0.688. The zero-order valence-corrected chi connectivity index (χ0v) is 13.7. The van der Waals surface area contributed by atoms with Crippen LogP contribution in [-0.2, 0) is 28.7 Å². The Balaban J connectivity index is 2.36. The van der Waals surface area contributed by atoms with E-state index in [-0.39, 0.29) is 23.6 Å². The van der Waals surface area contributed by atoms with Crippen molar-refractivity contribution in [3.8, 4) is 0 Å². The number of nitrogens with two attached hydrogens (primary N) is 1. The van der Waals surface area contributed by atoms with Crippen LogP contribution >= 0.6 is 11.8 Å². The largest absolute Gasteiger partial charge is 0.477 e. The molecule has 0 saturated carbocycles. The molecule has 2 amide bonds. The maximum absolute atomic E-state index is 12.5. The fourth-order valence-electron chi connectivity index (χ4n) is 2.37. The standard InChI is InChI=1S/C12H13N5O7S/c1-5(18)23-2-6-4-25-11-12(15-16-14,24-3-7(13)19)10(22)17(11)8(6)9(20)21/h11H,2-4H2,1H3,(H2,13,19)(H,20,21)/t11-,12?/m1/s1. The number of carboxylic acid groups (broad SMARTS) is 1. The van der Waals surface area contributed by atoms with Crippen molar-refractivity contribution in [1.29, 1.82) is 0 Å². The molecule has 1 fully saturated rings. The Morgan fingerprint density at radius 3 is 2.76 bits per heavy atom. The molecule has 13 heteroatoms. The Hall–Kier alpha value is -2.76. The number of ether oxygens (including phenoxy) is 2. The molecule has 0 aliphatic carbocycles. The average Bonchev–Trinajstić information content (AvgIpc) is 2.55. The minimum Gasteiger partial charge on any atom is -0.477 e. The number of amides is 2. The molecule has 0 bridgehead atoms. The van der Waals surface area contributed by atoms with Gasteiger partial charge in [-0.25, -0.2) is 4.79 Å². The lowest BCUT2D eigenvalue weighted by Crippen LogP contribution is -2.74. The van der Waals surface area contributed by atoms with Gasteiger partial charge in [-0.15, -0.1) is 11.8 Å². The molecule has 2 aliphatic rings. The van der Waals surface area contributed by atoms with Crippen LogP contribution in [0.1, 0.15) is 6.92 Å². The average molecular weight is 371 g/mol. The van der Waals surface area contributed by atoms with Crippen molar-refractivity contribution in [3.05, 3.63) is 21.7 Å². The number of fused-ring (bicyclic) bond motifs is 1. The van der Waals surface area contributed by atoms with Crippen molar-refractivity contribution in [1.82, 2.24) is 4.90 Å². The first-order valence-electron chi connectivity index (χ1n) is 6.77. The smallest absolute Gasteiger partial charge is 0.352 e. The summed E-state index contributed by atoms with van der Waals surface area (Å²) in [6.07, 6.45) is 0. The van der Waals surface area contributed by atoms with Gasteiger partial charge in [0.05, 0.1) is 0 Å². The van der Waals surface area contributed by atoms with Crippen LogP contribution in [0.25, 0.3) is 10.4 Å².